The lowest BCUT2D eigenvalue weighted by Crippen LogP contribution is -2.48. The Morgan fingerprint density at radius 3 is 1.79 bits per heavy atom. The predicted octanol–water partition coefficient (Wildman–Crippen LogP) is 4.29. The summed E-state index contributed by atoms with van der Waals surface area (Å²) in [6.07, 6.45) is 9.70. The van der Waals surface area contributed by atoms with Gasteiger partial charge in [0, 0.05) is 0 Å². The molecule has 2 unspecified atom stereocenters. The van der Waals surface area contributed by atoms with Gasteiger partial charge in [-0.2, -0.15) is 0 Å². The van der Waals surface area contributed by atoms with E-state index < -0.39 is 0 Å². The first kappa shape index (κ1) is 10.0. The maximum atomic E-state index is 2.60. The first-order chi connectivity index (χ1) is 6.72. The lowest BCUT2D eigenvalue weighted by atomic mass is 9.56. The van der Waals surface area contributed by atoms with Gasteiger partial charge in [0.15, 0.2) is 0 Å². The first-order valence-corrected chi connectivity index (χ1v) is 10.3. The monoisotopic (exact) mass is 228 g/mol. The molecule has 4 saturated carbocycles. The van der Waals surface area contributed by atoms with Gasteiger partial charge in [0.25, 0.3) is 0 Å². The maximum Gasteiger partial charge on any atom is -0.00528 e. The molecule has 4 aliphatic rings. The van der Waals surface area contributed by atoms with Crippen molar-refractivity contribution in [3.63, 3.8) is 0 Å². The normalized spacial score (nSPS) is 53.1. The highest BCUT2D eigenvalue weighted by Gasteiger charge is 2.52. The Morgan fingerprint density at radius 2 is 1.43 bits per heavy atom. The molecule has 0 spiro atoms. The molecule has 0 amide bonds. The molecular formula is C12H22P2. The van der Waals surface area contributed by atoms with Crippen LogP contribution in [0.5, 0.6) is 0 Å². The number of hydrogen-bond acceptors (Lipinski definition) is 0. The lowest BCUT2D eigenvalue weighted by molar-refractivity contribution is 0.0365. The Balaban J connectivity index is 1.87. The average Bonchev–Trinajstić information content (AvgIpc) is 2.14. The van der Waals surface area contributed by atoms with Gasteiger partial charge in [0.1, 0.15) is 0 Å². The van der Waals surface area contributed by atoms with Gasteiger partial charge in [0.2, 0.25) is 0 Å². The molecule has 2 atom stereocenters. The van der Waals surface area contributed by atoms with Gasteiger partial charge in [-0.15, -0.1) is 0 Å². The Bertz CT molecular complexity index is 201. The fraction of sp³-hybridized carbons (Fsp3) is 1.00. The molecule has 0 nitrogen and oxygen atoms in total. The van der Waals surface area contributed by atoms with E-state index in [1.807, 2.05) is 0 Å². The van der Waals surface area contributed by atoms with Crippen molar-refractivity contribution in [2.75, 3.05) is 13.3 Å². The third-order valence-electron chi connectivity index (χ3n) is 5.05. The second kappa shape index (κ2) is 3.43. The zero-order valence-electron chi connectivity index (χ0n) is 9.42. The van der Waals surface area contributed by atoms with Gasteiger partial charge in [-0.3, -0.25) is 0 Å². The molecule has 0 aromatic carbocycles. The van der Waals surface area contributed by atoms with Crippen molar-refractivity contribution in [3.8, 4) is 0 Å². The third kappa shape index (κ3) is 1.41. The first-order valence-electron chi connectivity index (χ1n) is 6.13. The van der Waals surface area contributed by atoms with Crippen LogP contribution in [0.2, 0.25) is 0 Å². The molecule has 0 aromatic rings. The van der Waals surface area contributed by atoms with Crippen molar-refractivity contribution >= 4 is 15.9 Å². The van der Waals surface area contributed by atoms with Crippen LogP contribution in [0.3, 0.4) is 0 Å². The standard InChI is InChI=1S/C12H22P2/c1-13-14(2)12-6-9-3-10(7-12)5-11(4-9)8-12/h9-11,13H,3-8H2,1-2H3. The molecule has 0 aliphatic heterocycles. The van der Waals surface area contributed by atoms with Gasteiger partial charge in [-0.05, 0) is 74.8 Å². The van der Waals surface area contributed by atoms with Crippen molar-refractivity contribution in [2.24, 2.45) is 17.8 Å². The molecule has 2 heteroatoms. The molecule has 80 valence electrons. The minimum atomic E-state index is 0.375. The molecule has 14 heavy (non-hydrogen) atoms. The van der Waals surface area contributed by atoms with E-state index in [-0.39, 0.29) is 0 Å². The van der Waals surface area contributed by atoms with Crippen LogP contribution in [-0.4, -0.2) is 18.5 Å². The molecule has 0 radical (unpaired) electrons. The highest BCUT2D eigenvalue weighted by Crippen LogP contribution is 2.73. The van der Waals surface area contributed by atoms with Gasteiger partial charge < -0.3 is 0 Å². The summed E-state index contributed by atoms with van der Waals surface area (Å²) in [6, 6.07) is 0. The zero-order valence-corrected chi connectivity index (χ0v) is 11.3. The van der Waals surface area contributed by atoms with E-state index in [9.17, 15) is 0 Å². The second-order valence-corrected chi connectivity index (χ2v) is 11.8. The summed E-state index contributed by atoms with van der Waals surface area (Å²) in [6.45, 7) is 5.05. The highest BCUT2D eigenvalue weighted by molar-refractivity contribution is 8.21. The summed E-state index contributed by atoms with van der Waals surface area (Å²) in [5.41, 5.74) is 0. The second-order valence-electron chi connectivity index (χ2n) is 5.92. The highest BCUT2D eigenvalue weighted by atomic mass is 32.0. The molecule has 0 saturated heterocycles. The smallest absolute Gasteiger partial charge is 0.00528 e. The van der Waals surface area contributed by atoms with Crippen molar-refractivity contribution in [1.82, 2.24) is 0 Å². The largest absolute Gasteiger partial charge is 0.0990 e. The van der Waals surface area contributed by atoms with E-state index in [0.717, 1.165) is 22.9 Å². The van der Waals surface area contributed by atoms with Crippen molar-refractivity contribution < 1.29 is 0 Å². The van der Waals surface area contributed by atoms with Crippen LogP contribution in [0, 0.1) is 17.8 Å². The van der Waals surface area contributed by atoms with Crippen LogP contribution in [0.15, 0.2) is 0 Å². The van der Waals surface area contributed by atoms with E-state index in [2.05, 4.69) is 13.3 Å². The molecule has 4 fully saturated rings. The molecule has 4 rings (SSSR count). The van der Waals surface area contributed by atoms with Crippen LogP contribution >= 0.6 is 15.9 Å². The van der Waals surface area contributed by atoms with Crippen LogP contribution in [0.25, 0.3) is 0 Å². The van der Waals surface area contributed by atoms with Gasteiger partial charge >= 0.3 is 0 Å². The predicted molar refractivity (Wildman–Crippen MR) is 68.0 cm³/mol. The van der Waals surface area contributed by atoms with Crippen LogP contribution in [0.1, 0.15) is 38.5 Å². The van der Waals surface area contributed by atoms with E-state index in [0.29, 0.717) is 7.61 Å². The van der Waals surface area contributed by atoms with Crippen LogP contribution in [0.4, 0.5) is 0 Å². The summed E-state index contributed by atoms with van der Waals surface area (Å²) >= 11 is 0. The average molecular weight is 228 g/mol. The van der Waals surface area contributed by atoms with E-state index in [1.54, 1.807) is 38.5 Å². The summed E-state index contributed by atoms with van der Waals surface area (Å²) in [5.74, 6) is 3.47. The third-order valence-corrected chi connectivity index (χ3v) is 11.1. The summed E-state index contributed by atoms with van der Waals surface area (Å²) in [5, 5.41) is 0.886. The summed E-state index contributed by atoms with van der Waals surface area (Å²) < 4.78 is 0. The Hall–Kier alpha value is 0.860. The summed E-state index contributed by atoms with van der Waals surface area (Å²) in [4.78, 5) is 0. The molecule has 0 N–H and O–H groups in total. The molecule has 0 heterocycles. The minimum Gasteiger partial charge on any atom is -0.0990 e. The maximum absolute atomic E-state index is 2.60. The number of rotatable bonds is 2. The van der Waals surface area contributed by atoms with E-state index in [4.69, 9.17) is 0 Å². The summed E-state index contributed by atoms with van der Waals surface area (Å²) in [7, 11) is 1.61. The fourth-order valence-corrected chi connectivity index (χ4v) is 9.03. The fourth-order valence-electron chi connectivity index (χ4n) is 4.71. The van der Waals surface area contributed by atoms with Crippen molar-refractivity contribution in [1.29, 1.82) is 0 Å². The van der Waals surface area contributed by atoms with Crippen LogP contribution in [-0.2, 0) is 0 Å². The van der Waals surface area contributed by atoms with Crippen LogP contribution < -0.4 is 0 Å². The Morgan fingerprint density at radius 1 is 1.00 bits per heavy atom. The molecule has 4 aliphatic carbocycles. The van der Waals surface area contributed by atoms with Gasteiger partial charge in [-0.1, -0.05) is 15.9 Å². The Labute approximate surface area is 91.0 Å². The quantitative estimate of drug-likeness (QED) is 0.618. The Kier molecular flexibility index (Phi) is 2.46. The van der Waals surface area contributed by atoms with Crippen molar-refractivity contribution in [3.05, 3.63) is 0 Å². The molecule has 4 bridgehead atoms. The van der Waals surface area contributed by atoms with E-state index >= 15 is 0 Å². The molecule has 0 aromatic heterocycles. The zero-order chi connectivity index (χ0) is 9.76. The van der Waals surface area contributed by atoms with Gasteiger partial charge in [-0.25, -0.2) is 0 Å². The topological polar surface area (TPSA) is 0 Å². The van der Waals surface area contributed by atoms with E-state index in [1.165, 1.54) is 8.27 Å². The lowest BCUT2D eigenvalue weighted by Gasteiger charge is -2.59. The molecular weight excluding hydrogens is 206 g/mol. The SMILES string of the molecule is CPP(C)C12CC3CC(CC(C3)C1)C2. The number of hydrogen-bond donors (Lipinski definition) is 0. The van der Waals surface area contributed by atoms with Gasteiger partial charge in [0.05, 0.1) is 0 Å². The minimum absolute atomic E-state index is 0.375. The van der Waals surface area contributed by atoms with Crippen molar-refractivity contribution in [2.45, 2.75) is 43.7 Å².